The maximum absolute atomic E-state index is 5.73. The van der Waals surface area contributed by atoms with Crippen LogP contribution in [0.5, 0.6) is 0 Å². The van der Waals surface area contributed by atoms with E-state index < -0.39 is 0 Å². The summed E-state index contributed by atoms with van der Waals surface area (Å²) in [5.74, 6) is 2.70. The fraction of sp³-hybridized carbons (Fsp3) is 0.714. The van der Waals surface area contributed by atoms with Gasteiger partial charge in [-0.1, -0.05) is 0 Å². The first-order chi connectivity index (χ1) is 9.11. The van der Waals surface area contributed by atoms with Crippen molar-refractivity contribution >= 4 is 11.6 Å². The highest BCUT2D eigenvalue weighted by Gasteiger charge is 2.19. The van der Waals surface area contributed by atoms with Crippen molar-refractivity contribution in [2.24, 2.45) is 11.7 Å². The molecule has 0 radical (unpaired) electrons. The highest BCUT2D eigenvalue weighted by Crippen LogP contribution is 2.23. The van der Waals surface area contributed by atoms with E-state index >= 15 is 0 Å². The summed E-state index contributed by atoms with van der Waals surface area (Å²) < 4.78 is 0. The van der Waals surface area contributed by atoms with E-state index in [4.69, 9.17) is 5.73 Å². The number of hydrogen-bond donors (Lipinski definition) is 1. The molecule has 106 valence electrons. The third kappa shape index (κ3) is 3.35. The van der Waals surface area contributed by atoms with Gasteiger partial charge in [0, 0.05) is 32.2 Å². The molecule has 0 atom stereocenters. The minimum atomic E-state index is 0.436. The first-order valence-corrected chi connectivity index (χ1v) is 7.11. The maximum atomic E-state index is 5.73. The van der Waals surface area contributed by atoms with Crippen LogP contribution in [0.25, 0.3) is 0 Å². The van der Waals surface area contributed by atoms with Gasteiger partial charge in [0.1, 0.15) is 18.0 Å². The fourth-order valence-corrected chi connectivity index (χ4v) is 2.37. The monoisotopic (exact) mass is 263 g/mol. The Morgan fingerprint density at radius 2 is 2.05 bits per heavy atom. The maximum Gasteiger partial charge on any atom is 0.134 e. The van der Waals surface area contributed by atoms with Crippen LogP contribution in [0.15, 0.2) is 12.4 Å². The zero-order valence-corrected chi connectivity index (χ0v) is 12.2. The third-order valence-corrected chi connectivity index (χ3v) is 4.05. The minimum absolute atomic E-state index is 0.436. The first kappa shape index (κ1) is 14.1. The molecule has 0 saturated carbocycles. The molecule has 0 spiro atoms. The predicted molar refractivity (Wildman–Crippen MR) is 79.6 cm³/mol. The van der Waals surface area contributed by atoms with Crippen LogP contribution in [0.3, 0.4) is 0 Å². The van der Waals surface area contributed by atoms with Crippen LogP contribution in [-0.2, 0) is 0 Å². The smallest absolute Gasteiger partial charge is 0.134 e. The Labute approximate surface area is 115 Å². The van der Waals surface area contributed by atoms with Crippen LogP contribution < -0.4 is 15.5 Å². The summed E-state index contributed by atoms with van der Waals surface area (Å²) in [6.45, 7) is 7.22. The van der Waals surface area contributed by atoms with E-state index in [2.05, 4.69) is 46.7 Å². The second-order valence-corrected chi connectivity index (χ2v) is 5.61. The molecule has 5 nitrogen and oxygen atoms in total. The molecule has 0 bridgehead atoms. The molecule has 1 aliphatic rings. The van der Waals surface area contributed by atoms with Crippen molar-refractivity contribution in [3.05, 3.63) is 12.4 Å². The second kappa shape index (κ2) is 6.19. The van der Waals surface area contributed by atoms with Crippen molar-refractivity contribution in [2.75, 3.05) is 36.5 Å². The summed E-state index contributed by atoms with van der Waals surface area (Å²) in [5.41, 5.74) is 5.73. The van der Waals surface area contributed by atoms with Crippen LogP contribution in [0, 0.1) is 5.92 Å². The summed E-state index contributed by atoms with van der Waals surface area (Å²) >= 11 is 0. The van der Waals surface area contributed by atoms with Crippen LogP contribution in [0.4, 0.5) is 11.6 Å². The average molecular weight is 263 g/mol. The van der Waals surface area contributed by atoms with Gasteiger partial charge in [0.05, 0.1) is 0 Å². The lowest BCUT2D eigenvalue weighted by Gasteiger charge is -2.32. The van der Waals surface area contributed by atoms with Gasteiger partial charge in [0.25, 0.3) is 0 Å². The van der Waals surface area contributed by atoms with E-state index in [9.17, 15) is 0 Å². The fourth-order valence-electron chi connectivity index (χ4n) is 2.37. The molecule has 1 aromatic rings. The first-order valence-electron chi connectivity index (χ1n) is 7.11. The lowest BCUT2D eigenvalue weighted by Crippen LogP contribution is -2.36. The van der Waals surface area contributed by atoms with Gasteiger partial charge in [0.2, 0.25) is 0 Å². The second-order valence-electron chi connectivity index (χ2n) is 5.61. The molecule has 1 aliphatic heterocycles. The van der Waals surface area contributed by atoms with E-state index in [0.29, 0.717) is 12.0 Å². The van der Waals surface area contributed by atoms with Crippen molar-refractivity contribution in [1.29, 1.82) is 0 Å². The number of nitrogens with two attached hydrogens (primary N) is 1. The molecular formula is C14H25N5. The lowest BCUT2D eigenvalue weighted by atomic mass is 9.97. The number of nitrogens with zero attached hydrogens (tertiary/aromatic N) is 4. The zero-order chi connectivity index (χ0) is 13.8. The number of piperidine rings is 1. The standard InChI is InChI=1S/C14H25N5/c1-11(2)18(3)13-8-14(17-10-16-13)19-6-4-12(9-15)5-7-19/h8,10-12H,4-7,9,15H2,1-3H3. The molecular weight excluding hydrogens is 238 g/mol. The Morgan fingerprint density at radius 3 is 2.63 bits per heavy atom. The highest BCUT2D eigenvalue weighted by atomic mass is 15.2. The van der Waals surface area contributed by atoms with Crippen LogP contribution in [0.1, 0.15) is 26.7 Å². The topological polar surface area (TPSA) is 58.3 Å². The summed E-state index contributed by atoms with van der Waals surface area (Å²) in [7, 11) is 2.07. The number of aromatic nitrogens is 2. The van der Waals surface area contributed by atoms with E-state index in [-0.39, 0.29) is 0 Å². The summed E-state index contributed by atoms with van der Waals surface area (Å²) in [6.07, 6.45) is 3.99. The van der Waals surface area contributed by atoms with E-state index in [1.165, 1.54) is 0 Å². The Balaban J connectivity index is 2.07. The SMILES string of the molecule is CC(C)N(C)c1cc(N2CCC(CN)CC2)ncn1. The van der Waals surface area contributed by atoms with Gasteiger partial charge in [-0.3, -0.25) is 0 Å². The lowest BCUT2D eigenvalue weighted by molar-refractivity contribution is 0.413. The van der Waals surface area contributed by atoms with Gasteiger partial charge in [-0.2, -0.15) is 0 Å². The summed E-state index contributed by atoms with van der Waals surface area (Å²) in [6, 6.07) is 2.52. The molecule has 0 amide bonds. The molecule has 1 fully saturated rings. The van der Waals surface area contributed by atoms with Gasteiger partial charge in [-0.05, 0) is 39.2 Å². The molecule has 2 rings (SSSR count). The molecule has 0 aliphatic carbocycles. The van der Waals surface area contributed by atoms with E-state index in [1.54, 1.807) is 6.33 Å². The van der Waals surface area contributed by atoms with Crippen LogP contribution >= 0.6 is 0 Å². The number of rotatable bonds is 4. The molecule has 0 aromatic carbocycles. The van der Waals surface area contributed by atoms with Crippen molar-refractivity contribution in [3.63, 3.8) is 0 Å². The largest absolute Gasteiger partial charge is 0.357 e. The zero-order valence-electron chi connectivity index (χ0n) is 12.2. The van der Waals surface area contributed by atoms with Gasteiger partial charge < -0.3 is 15.5 Å². The Hall–Kier alpha value is -1.36. The van der Waals surface area contributed by atoms with E-state index in [1.807, 2.05) is 0 Å². The minimum Gasteiger partial charge on any atom is -0.357 e. The van der Waals surface area contributed by atoms with Crippen LogP contribution in [-0.4, -0.2) is 42.7 Å². The van der Waals surface area contributed by atoms with Crippen molar-refractivity contribution in [3.8, 4) is 0 Å². The highest BCUT2D eigenvalue weighted by molar-refractivity contribution is 5.50. The number of anilines is 2. The normalized spacial score (nSPS) is 17.0. The Bertz CT molecular complexity index is 399. The summed E-state index contributed by atoms with van der Waals surface area (Å²) in [5, 5.41) is 0. The van der Waals surface area contributed by atoms with Gasteiger partial charge in [-0.15, -0.1) is 0 Å². The molecule has 2 heterocycles. The molecule has 5 heteroatoms. The van der Waals surface area contributed by atoms with Gasteiger partial charge in [-0.25, -0.2) is 9.97 Å². The Kier molecular flexibility index (Phi) is 4.58. The van der Waals surface area contributed by atoms with Gasteiger partial charge in [0.15, 0.2) is 0 Å². The molecule has 19 heavy (non-hydrogen) atoms. The molecule has 1 saturated heterocycles. The van der Waals surface area contributed by atoms with Crippen molar-refractivity contribution in [2.45, 2.75) is 32.7 Å². The quantitative estimate of drug-likeness (QED) is 0.892. The van der Waals surface area contributed by atoms with Crippen molar-refractivity contribution in [1.82, 2.24) is 9.97 Å². The molecule has 2 N–H and O–H groups in total. The van der Waals surface area contributed by atoms with Crippen molar-refractivity contribution < 1.29 is 0 Å². The summed E-state index contributed by atoms with van der Waals surface area (Å²) in [4.78, 5) is 13.3. The molecule has 1 aromatic heterocycles. The molecule has 0 unspecified atom stereocenters. The Morgan fingerprint density at radius 1 is 1.37 bits per heavy atom. The third-order valence-electron chi connectivity index (χ3n) is 4.05. The number of hydrogen-bond acceptors (Lipinski definition) is 5. The van der Waals surface area contributed by atoms with Crippen LogP contribution in [0.2, 0.25) is 0 Å². The van der Waals surface area contributed by atoms with Gasteiger partial charge >= 0.3 is 0 Å². The predicted octanol–water partition coefficient (Wildman–Crippen LogP) is 1.50. The average Bonchev–Trinajstić information content (AvgIpc) is 2.46. The van der Waals surface area contributed by atoms with E-state index in [0.717, 1.165) is 44.1 Å².